The van der Waals surface area contributed by atoms with Crippen molar-refractivity contribution in [2.75, 3.05) is 30.8 Å². The van der Waals surface area contributed by atoms with E-state index in [9.17, 15) is 4.79 Å². The van der Waals surface area contributed by atoms with Gasteiger partial charge in [-0.2, -0.15) is 0 Å². The van der Waals surface area contributed by atoms with Crippen molar-refractivity contribution in [2.24, 2.45) is 5.92 Å². The number of carbonyl (C=O) groups excluding carboxylic acids is 1. The van der Waals surface area contributed by atoms with Gasteiger partial charge in [-0.25, -0.2) is 9.97 Å². The highest BCUT2D eigenvalue weighted by Crippen LogP contribution is 2.22. The van der Waals surface area contributed by atoms with E-state index in [1.807, 2.05) is 36.0 Å². The van der Waals surface area contributed by atoms with E-state index in [-0.39, 0.29) is 5.91 Å². The molecule has 1 amide bonds. The molecule has 1 aliphatic rings. The molecule has 2 aromatic rings. The van der Waals surface area contributed by atoms with E-state index >= 15 is 0 Å². The molecule has 0 aliphatic carbocycles. The van der Waals surface area contributed by atoms with Crippen LogP contribution in [0.2, 0.25) is 0 Å². The van der Waals surface area contributed by atoms with Crippen molar-refractivity contribution in [3.05, 3.63) is 35.5 Å². The van der Waals surface area contributed by atoms with Gasteiger partial charge in [0.05, 0.1) is 0 Å². The average Bonchev–Trinajstić information content (AvgIpc) is 3.10. The molecule has 5 nitrogen and oxygen atoms in total. The lowest BCUT2D eigenvalue weighted by Crippen LogP contribution is -2.41. The summed E-state index contributed by atoms with van der Waals surface area (Å²) in [6.07, 6.45) is 6.06. The van der Waals surface area contributed by atoms with Gasteiger partial charge in [0.15, 0.2) is 0 Å². The van der Waals surface area contributed by atoms with Crippen LogP contribution in [0.3, 0.4) is 0 Å². The Labute approximate surface area is 144 Å². The number of hydrogen-bond donors (Lipinski definition) is 1. The zero-order valence-electron chi connectivity index (χ0n) is 13.1. The predicted molar refractivity (Wildman–Crippen MR) is 95.4 cm³/mol. The molecule has 0 bridgehead atoms. The van der Waals surface area contributed by atoms with Crippen LogP contribution >= 0.6 is 23.1 Å². The molecule has 0 saturated carbocycles. The van der Waals surface area contributed by atoms with Crippen molar-refractivity contribution in [3.8, 4) is 0 Å². The standard InChI is InChI=1S/C16H20N4OS2/c1-22-16-19-13(11-23-16)15(21)18-9-12-5-4-8-20(10-12)14-6-2-3-7-17-14/h2-3,6-7,11-12H,4-5,8-10H2,1H3,(H,18,21). The lowest BCUT2D eigenvalue weighted by molar-refractivity contribution is 0.0941. The topological polar surface area (TPSA) is 58.1 Å². The molecule has 2 aromatic heterocycles. The number of piperidine rings is 1. The van der Waals surface area contributed by atoms with E-state index in [1.54, 1.807) is 11.8 Å². The Morgan fingerprint density at radius 2 is 2.43 bits per heavy atom. The summed E-state index contributed by atoms with van der Waals surface area (Å²) in [5, 5.41) is 4.85. The number of aromatic nitrogens is 2. The molecule has 1 saturated heterocycles. The Balaban J connectivity index is 1.53. The van der Waals surface area contributed by atoms with Gasteiger partial charge >= 0.3 is 0 Å². The molecule has 3 rings (SSSR count). The molecule has 7 heteroatoms. The molecule has 23 heavy (non-hydrogen) atoms. The van der Waals surface area contributed by atoms with Gasteiger partial charge < -0.3 is 10.2 Å². The molecule has 1 atom stereocenters. The maximum absolute atomic E-state index is 12.2. The second-order valence-electron chi connectivity index (χ2n) is 5.56. The smallest absolute Gasteiger partial charge is 0.270 e. The van der Waals surface area contributed by atoms with Crippen LogP contribution in [-0.2, 0) is 0 Å². The first-order valence-electron chi connectivity index (χ1n) is 7.70. The first-order valence-corrected chi connectivity index (χ1v) is 9.80. The minimum Gasteiger partial charge on any atom is -0.356 e. The van der Waals surface area contributed by atoms with Gasteiger partial charge in [-0.05, 0) is 37.1 Å². The maximum atomic E-state index is 12.2. The third-order valence-electron chi connectivity index (χ3n) is 3.93. The minimum atomic E-state index is -0.0727. The van der Waals surface area contributed by atoms with Crippen LogP contribution in [-0.4, -0.2) is 41.8 Å². The maximum Gasteiger partial charge on any atom is 0.270 e. The fourth-order valence-electron chi connectivity index (χ4n) is 2.76. The molecule has 3 heterocycles. The molecule has 0 aromatic carbocycles. The summed E-state index contributed by atoms with van der Waals surface area (Å²) in [5.74, 6) is 1.40. The van der Waals surface area contributed by atoms with Crippen molar-refractivity contribution in [3.63, 3.8) is 0 Å². The molecule has 0 radical (unpaired) electrons. The number of rotatable bonds is 5. The Hall–Kier alpha value is -1.60. The molecule has 1 aliphatic heterocycles. The van der Waals surface area contributed by atoms with Crippen LogP contribution in [0, 0.1) is 5.92 Å². The van der Waals surface area contributed by atoms with Gasteiger partial charge in [-0.15, -0.1) is 11.3 Å². The largest absolute Gasteiger partial charge is 0.356 e. The molecule has 1 N–H and O–H groups in total. The van der Waals surface area contributed by atoms with Gasteiger partial charge in [0.1, 0.15) is 15.9 Å². The summed E-state index contributed by atoms with van der Waals surface area (Å²) >= 11 is 3.08. The molecule has 0 spiro atoms. The summed E-state index contributed by atoms with van der Waals surface area (Å²) in [6.45, 7) is 2.66. The van der Waals surface area contributed by atoms with E-state index < -0.39 is 0 Å². The lowest BCUT2D eigenvalue weighted by Gasteiger charge is -2.33. The Morgan fingerprint density at radius 1 is 1.52 bits per heavy atom. The van der Waals surface area contributed by atoms with E-state index in [0.717, 1.165) is 36.1 Å². The number of anilines is 1. The van der Waals surface area contributed by atoms with Crippen LogP contribution in [0.5, 0.6) is 0 Å². The number of carbonyl (C=O) groups is 1. The lowest BCUT2D eigenvalue weighted by atomic mass is 9.98. The predicted octanol–water partition coefficient (Wildman–Crippen LogP) is 2.91. The molecule has 1 unspecified atom stereocenters. The van der Waals surface area contributed by atoms with Gasteiger partial charge in [-0.3, -0.25) is 4.79 Å². The van der Waals surface area contributed by atoms with Crippen LogP contribution in [0.25, 0.3) is 0 Å². The van der Waals surface area contributed by atoms with Crippen molar-refractivity contribution < 1.29 is 4.79 Å². The summed E-state index contributed by atoms with van der Waals surface area (Å²) in [4.78, 5) is 23.2. The molecule has 122 valence electrons. The summed E-state index contributed by atoms with van der Waals surface area (Å²) in [5.41, 5.74) is 0.525. The quantitative estimate of drug-likeness (QED) is 0.842. The van der Waals surface area contributed by atoms with Gasteiger partial charge in [0.25, 0.3) is 5.91 Å². The van der Waals surface area contributed by atoms with Gasteiger partial charge in [0.2, 0.25) is 0 Å². The number of nitrogens with zero attached hydrogens (tertiary/aromatic N) is 3. The monoisotopic (exact) mass is 348 g/mol. The first-order chi connectivity index (χ1) is 11.3. The van der Waals surface area contributed by atoms with Crippen molar-refractivity contribution in [2.45, 2.75) is 17.2 Å². The number of amides is 1. The van der Waals surface area contributed by atoms with Crippen LogP contribution in [0.1, 0.15) is 23.3 Å². The van der Waals surface area contributed by atoms with Crippen LogP contribution in [0.15, 0.2) is 34.1 Å². The average molecular weight is 348 g/mol. The number of nitrogens with one attached hydrogen (secondary N) is 1. The van der Waals surface area contributed by atoms with Gasteiger partial charge in [-0.1, -0.05) is 17.8 Å². The number of pyridine rings is 1. The summed E-state index contributed by atoms with van der Waals surface area (Å²) < 4.78 is 0.925. The van der Waals surface area contributed by atoms with Gasteiger partial charge in [0, 0.05) is 31.2 Å². The van der Waals surface area contributed by atoms with E-state index in [1.165, 1.54) is 11.3 Å². The second kappa shape index (κ2) is 7.79. The van der Waals surface area contributed by atoms with Crippen LogP contribution in [0.4, 0.5) is 5.82 Å². The first kappa shape index (κ1) is 16.3. The van der Waals surface area contributed by atoms with Crippen molar-refractivity contribution in [1.82, 2.24) is 15.3 Å². The SMILES string of the molecule is CSc1nc(C(=O)NCC2CCCN(c3ccccn3)C2)cs1. The highest BCUT2D eigenvalue weighted by molar-refractivity contribution is 8.00. The van der Waals surface area contributed by atoms with E-state index in [2.05, 4.69) is 20.2 Å². The zero-order valence-corrected chi connectivity index (χ0v) is 14.7. The molecule has 1 fully saturated rings. The second-order valence-corrected chi connectivity index (χ2v) is 7.47. The normalized spacial score (nSPS) is 18.0. The fraction of sp³-hybridized carbons (Fsp3) is 0.438. The van der Waals surface area contributed by atoms with E-state index in [0.29, 0.717) is 18.2 Å². The van der Waals surface area contributed by atoms with E-state index in [4.69, 9.17) is 0 Å². The molecular formula is C16H20N4OS2. The highest BCUT2D eigenvalue weighted by Gasteiger charge is 2.21. The summed E-state index contributed by atoms with van der Waals surface area (Å²) in [6, 6.07) is 5.99. The molecular weight excluding hydrogens is 328 g/mol. The fourth-order valence-corrected chi connectivity index (χ4v) is 4.01. The summed E-state index contributed by atoms with van der Waals surface area (Å²) in [7, 11) is 0. The highest BCUT2D eigenvalue weighted by atomic mass is 32.2. The Morgan fingerprint density at radius 3 is 3.17 bits per heavy atom. The van der Waals surface area contributed by atoms with Crippen molar-refractivity contribution >= 4 is 34.8 Å². The van der Waals surface area contributed by atoms with Crippen LogP contribution < -0.4 is 10.2 Å². The zero-order chi connectivity index (χ0) is 16.1. The number of hydrogen-bond acceptors (Lipinski definition) is 6. The Bertz CT molecular complexity index is 647. The number of thiazole rings is 1. The third-order valence-corrected chi connectivity index (χ3v) is 5.80. The third kappa shape index (κ3) is 4.23. The Kier molecular flexibility index (Phi) is 5.51. The minimum absolute atomic E-state index is 0.0727. The number of thioether (sulfide) groups is 1. The van der Waals surface area contributed by atoms with Crippen molar-refractivity contribution in [1.29, 1.82) is 0 Å².